The van der Waals surface area contributed by atoms with Crippen LogP contribution >= 0.6 is 17.0 Å². The molecule has 0 bridgehead atoms. The number of ether oxygens (including phenoxy) is 2. The van der Waals surface area contributed by atoms with Gasteiger partial charge < -0.3 is 0 Å². The second kappa shape index (κ2) is 8.23. The van der Waals surface area contributed by atoms with Crippen molar-refractivity contribution in [3.05, 3.63) is 29.8 Å². The Morgan fingerprint density at radius 3 is 2.24 bits per heavy atom. The number of rotatable bonds is 6. The Labute approximate surface area is 125 Å². The number of hydrogen-bond acceptors (Lipinski definition) is 2. The molecule has 0 N–H and O–H groups in total. The summed E-state index contributed by atoms with van der Waals surface area (Å²) < 4.78 is 10.8. The number of benzene rings is 1. The standard InChI is InChI=1S/C13H19O2.BrH.Zn/c1-13(2,3)10-15-9-11-5-7-12(14-4)8-6-11;;/h5-8H,1,9-10H2,2-4H3;1H;. The van der Waals surface area contributed by atoms with Crippen LogP contribution in [0, 0.1) is 5.41 Å². The molecule has 0 radical (unpaired) electrons. The summed E-state index contributed by atoms with van der Waals surface area (Å²) in [5, 5.41) is 1.26. The van der Waals surface area contributed by atoms with E-state index in [1.807, 2.05) is 24.3 Å². The minimum absolute atomic E-state index is 0. The van der Waals surface area contributed by atoms with Gasteiger partial charge in [-0.15, -0.1) is 17.0 Å². The SMILES string of the molecule is Br.COc1ccc(COCC(C)(C)[CH2][Zn])cc1. The molecule has 93 valence electrons. The Hall–Kier alpha value is 0.0834. The van der Waals surface area contributed by atoms with Crippen LogP contribution in [0.3, 0.4) is 0 Å². The normalized spacial score (nSPS) is 10.9. The van der Waals surface area contributed by atoms with Crippen molar-refractivity contribution >= 4 is 17.0 Å². The maximum absolute atomic E-state index is 5.73. The summed E-state index contributed by atoms with van der Waals surface area (Å²) in [6.07, 6.45) is 0. The van der Waals surface area contributed by atoms with E-state index in [1.54, 1.807) is 7.11 Å². The molecule has 1 aromatic carbocycles. The summed E-state index contributed by atoms with van der Waals surface area (Å²) in [5.74, 6) is 0.892. The zero-order valence-electron chi connectivity index (χ0n) is 10.9. The van der Waals surface area contributed by atoms with Gasteiger partial charge in [-0.05, 0) is 0 Å². The summed E-state index contributed by atoms with van der Waals surface area (Å²) in [4.78, 5) is 0. The van der Waals surface area contributed by atoms with E-state index in [9.17, 15) is 0 Å². The van der Waals surface area contributed by atoms with Crippen molar-refractivity contribution in [3.8, 4) is 5.75 Å². The predicted octanol–water partition coefficient (Wildman–Crippen LogP) is 3.78. The van der Waals surface area contributed by atoms with Gasteiger partial charge in [-0.1, -0.05) is 0 Å². The van der Waals surface area contributed by atoms with Crippen molar-refractivity contribution in [3.63, 3.8) is 0 Å². The zero-order chi connectivity index (χ0) is 12.0. The molecule has 0 unspecified atom stereocenters. The van der Waals surface area contributed by atoms with E-state index in [2.05, 4.69) is 13.8 Å². The monoisotopic (exact) mass is 351 g/mol. The van der Waals surface area contributed by atoms with Crippen molar-refractivity contribution < 1.29 is 27.8 Å². The molecule has 0 aromatic heterocycles. The van der Waals surface area contributed by atoms with Gasteiger partial charge in [0.1, 0.15) is 0 Å². The van der Waals surface area contributed by atoms with E-state index >= 15 is 0 Å². The van der Waals surface area contributed by atoms with Gasteiger partial charge in [0, 0.05) is 0 Å². The van der Waals surface area contributed by atoms with Gasteiger partial charge in [0.25, 0.3) is 0 Å². The molecule has 0 spiro atoms. The van der Waals surface area contributed by atoms with Crippen LogP contribution in [0.1, 0.15) is 19.4 Å². The molecule has 1 aromatic rings. The molecule has 0 atom stereocenters. The van der Waals surface area contributed by atoms with Gasteiger partial charge >= 0.3 is 108 Å². The molecular formula is C13H20BrO2Zn. The third-order valence-electron chi connectivity index (χ3n) is 2.60. The fourth-order valence-electron chi connectivity index (χ4n) is 1.24. The average molecular weight is 354 g/mol. The van der Waals surface area contributed by atoms with Gasteiger partial charge in [0.2, 0.25) is 0 Å². The summed E-state index contributed by atoms with van der Waals surface area (Å²) in [6.45, 7) is 6.03. The topological polar surface area (TPSA) is 18.5 Å². The predicted molar refractivity (Wildman–Crippen MR) is 71.6 cm³/mol. The van der Waals surface area contributed by atoms with E-state index < -0.39 is 0 Å². The van der Waals surface area contributed by atoms with Crippen molar-refractivity contribution in [2.75, 3.05) is 13.7 Å². The Morgan fingerprint density at radius 2 is 1.76 bits per heavy atom. The van der Waals surface area contributed by atoms with Crippen LogP contribution in [0.4, 0.5) is 0 Å². The maximum atomic E-state index is 5.73. The van der Waals surface area contributed by atoms with Crippen LogP contribution in [-0.4, -0.2) is 13.7 Å². The van der Waals surface area contributed by atoms with Gasteiger partial charge in [0.15, 0.2) is 0 Å². The molecule has 17 heavy (non-hydrogen) atoms. The molecule has 0 aliphatic rings. The molecular weight excluding hydrogens is 333 g/mol. The Bertz CT molecular complexity index is 312. The van der Waals surface area contributed by atoms with Crippen LogP contribution in [0.5, 0.6) is 5.75 Å². The first kappa shape index (κ1) is 17.1. The van der Waals surface area contributed by atoms with Crippen LogP contribution in [0.25, 0.3) is 0 Å². The third-order valence-corrected chi connectivity index (χ3v) is 5.44. The molecule has 0 fully saturated rings. The average Bonchev–Trinajstić information content (AvgIpc) is 2.30. The van der Waals surface area contributed by atoms with E-state index in [0.717, 1.165) is 12.4 Å². The first-order valence-corrected chi connectivity index (χ1v) is 7.67. The number of methoxy groups -OCH3 is 1. The van der Waals surface area contributed by atoms with Gasteiger partial charge in [-0.3, -0.25) is 0 Å². The molecule has 0 aliphatic carbocycles. The minimum atomic E-state index is 0. The van der Waals surface area contributed by atoms with E-state index in [0.29, 0.717) is 12.0 Å². The van der Waals surface area contributed by atoms with E-state index in [1.165, 1.54) is 28.9 Å². The Kier molecular flexibility index (Phi) is 8.27. The van der Waals surface area contributed by atoms with E-state index in [-0.39, 0.29) is 17.0 Å². The molecule has 0 saturated heterocycles. The van der Waals surface area contributed by atoms with Gasteiger partial charge in [0.05, 0.1) is 0 Å². The second-order valence-electron chi connectivity index (χ2n) is 4.76. The van der Waals surface area contributed by atoms with Crippen molar-refractivity contribution in [1.29, 1.82) is 0 Å². The van der Waals surface area contributed by atoms with E-state index in [4.69, 9.17) is 9.47 Å². The second-order valence-corrected chi connectivity index (χ2v) is 5.80. The first-order valence-electron chi connectivity index (χ1n) is 5.57. The number of hydrogen-bond donors (Lipinski definition) is 0. The van der Waals surface area contributed by atoms with Crippen LogP contribution in [0.15, 0.2) is 24.3 Å². The Morgan fingerprint density at radius 1 is 1.18 bits per heavy atom. The molecule has 0 saturated carbocycles. The van der Waals surface area contributed by atoms with Crippen LogP contribution < -0.4 is 4.74 Å². The molecule has 4 heteroatoms. The molecule has 0 aliphatic heterocycles. The van der Waals surface area contributed by atoms with Crippen molar-refractivity contribution in [1.82, 2.24) is 0 Å². The summed E-state index contributed by atoms with van der Waals surface area (Å²) in [5.41, 5.74) is 1.52. The zero-order valence-corrected chi connectivity index (χ0v) is 15.5. The summed E-state index contributed by atoms with van der Waals surface area (Å²) in [7, 11) is 1.68. The van der Waals surface area contributed by atoms with Gasteiger partial charge in [-0.2, -0.15) is 0 Å². The Balaban J connectivity index is 0.00000256. The molecule has 0 amide bonds. The summed E-state index contributed by atoms with van der Waals surface area (Å²) in [6, 6.07) is 8.03. The van der Waals surface area contributed by atoms with Crippen LogP contribution in [-0.2, 0) is 29.6 Å². The summed E-state index contributed by atoms with van der Waals surface area (Å²) >= 11 is 1.33. The molecule has 0 heterocycles. The fourth-order valence-corrected chi connectivity index (χ4v) is 1.54. The van der Waals surface area contributed by atoms with Crippen LogP contribution in [0.2, 0.25) is 5.02 Å². The molecule has 1 rings (SSSR count). The molecule has 2 nitrogen and oxygen atoms in total. The number of halogens is 1. The van der Waals surface area contributed by atoms with Crippen molar-refractivity contribution in [2.45, 2.75) is 25.5 Å². The van der Waals surface area contributed by atoms with Crippen molar-refractivity contribution in [2.24, 2.45) is 5.41 Å². The first-order chi connectivity index (χ1) is 7.57. The van der Waals surface area contributed by atoms with Gasteiger partial charge in [-0.25, -0.2) is 0 Å². The fraction of sp³-hybridized carbons (Fsp3) is 0.538. The quantitative estimate of drug-likeness (QED) is 0.725. The third kappa shape index (κ3) is 6.54.